The Morgan fingerprint density at radius 3 is 2.63 bits per heavy atom. The predicted molar refractivity (Wildman–Crippen MR) is 113 cm³/mol. The number of nitrogens with two attached hydrogens (primary N) is 1. The summed E-state index contributed by atoms with van der Waals surface area (Å²) in [7, 11) is -4.34. The number of aryl methyl sites for hydroxylation is 1. The Bertz CT molecular complexity index is 1160. The van der Waals surface area contributed by atoms with Crippen molar-refractivity contribution in [2.45, 2.75) is 12.8 Å². The first-order chi connectivity index (χ1) is 14.3. The lowest BCUT2D eigenvalue weighted by Gasteiger charge is -2.23. The summed E-state index contributed by atoms with van der Waals surface area (Å²) in [6.45, 7) is 0.0648. The molecular formula is C20H20N4O5S. The fourth-order valence-corrected chi connectivity index (χ4v) is 3.68. The molecule has 1 aliphatic rings. The Morgan fingerprint density at radius 2 is 1.90 bits per heavy atom. The van der Waals surface area contributed by atoms with Crippen molar-refractivity contribution in [3.8, 4) is 0 Å². The number of rotatable bonds is 6. The first kappa shape index (κ1) is 21.3. The van der Waals surface area contributed by atoms with Gasteiger partial charge in [-0.25, -0.2) is 4.99 Å². The fourth-order valence-electron chi connectivity index (χ4n) is 3.37. The number of hydrogen-bond acceptors (Lipinski definition) is 6. The Kier molecular flexibility index (Phi) is 6.38. The van der Waals surface area contributed by atoms with Crippen molar-refractivity contribution in [1.29, 1.82) is 0 Å². The molecule has 1 amide bonds. The zero-order valence-corrected chi connectivity index (χ0v) is 16.7. The van der Waals surface area contributed by atoms with Crippen LogP contribution in [0.3, 0.4) is 0 Å². The SMILES string of the molecule is NC(=NCS(=O)(=O)O)NC(=O)c1cccc(C2=C(CN=O)CCc3ccccc32)c1. The number of nitroso groups, excluding NO2 is 1. The lowest BCUT2D eigenvalue weighted by Crippen LogP contribution is -2.37. The van der Waals surface area contributed by atoms with Gasteiger partial charge in [-0.15, -0.1) is 0 Å². The van der Waals surface area contributed by atoms with Crippen LogP contribution in [0, 0.1) is 4.91 Å². The highest BCUT2D eigenvalue weighted by Gasteiger charge is 2.21. The summed E-state index contributed by atoms with van der Waals surface area (Å²) >= 11 is 0. The Hall–Kier alpha value is -3.37. The molecule has 0 radical (unpaired) electrons. The molecule has 10 heteroatoms. The molecule has 4 N–H and O–H groups in total. The van der Waals surface area contributed by atoms with Crippen molar-refractivity contribution >= 4 is 27.6 Å². The zero-order chi connectivity index (χ0) is 21.7. The van der Waals surface area contributed by atoms with E-state index in [1.807, 2.05) is 30.3 Å². The largest absolute Gasteiger partial charge is 0.370 e. The van der Waals surface area contributed by atoms with E-state index >= 15 is 0 Å². The highest BCUT2D eigenvalue weighted by Crippen LogP contribution is 2.36. The second-order valence-electron chi connectivity index (χ2n) is 6.71. The molecule has 156 valence electrons. The molecule has 1 aliphatic carbocycles. The summed E-state index contributed by atoms with van der Waals surface area (Å²) in [5.41, 5.74) is 10.5. The number of carbonyl (C=O) groups excluding carboxylic acids is 1. The number of fused-ring (bicyclic) bond motifs is 1. The van der Waals surface area contributed by atoms with E-state index in [0.29, 0.717) is 6.42 Å². The van der Waals surface area contributed by atoms with Crippen LogP contribution < -0.4 is 11.1 Å². The van der Waals surface area contributed by atoms with Gasteiger partial charge in [0.1, 0.15) is 6.54 Å². The highest BCUT2D eigenvalue weighted by molar-refractivity contribution is 7.85. The van der Waals surface area contributed by atoms with Crippen molar-refractivity contribution in [3.63, 3.8) is 0 Å². The minimum atomic E-state index is -4.34. The van der Waals surface area contributed by atoms with E-state index in [4.69, 9.17) is 10.3 Å². The molecule has 0 bridgehead atoms. The molecule has 3 rings (SSSR count). The summed E-state index contributed by atoms with van der Waals surface area (Å²) in [5.74, 6) is -1.98. The molecule has 2 aromatic carbocycles. The van der Waals surface area contributed by atoms with Crippen molar-refractivity contribution in [2.24, 2.45) is 15.9 Å². The Morgan fingerprint density at radius 1 is 1.13 bits per heavy atom. The van der Waals surface area contributed by atoms with Crippen LogP contribution in [-0.2, 0) is 16.5 Å². The maximum absolute atomic E-state index is 12.5. The third-order valence-electron chi connectivity index (χ3n) is 4.64. The van der Waals surface area contributed by atoms with Gasteiger partial charge in [-0.05, 0) is 52.8 Å². The van der Waals surface area contributed by atoms with E-state index in [2.05, 4.69) is 15.5 Å². The molecule has 30 heavy (non-hydrogen) atoms. The normalized spacial score (nSPS) is 14.2. The first-order valence-electron chi connectivity index (χ1n) is 9.05. The van der Waals surface area contributed by atoms with Gasteiger partial charge in [-0.3, -0.25) is 14.7 Å². The van der Waals surface area contributed by atoms with Gasteiger partial charge in [0.15, 0.2) is 11.8 Å². The van der Waals surface area contributed by atoms with Crippen LogP contribution in [0.2, 0.25) is 0 Å². The van der Waals surface area contributed by atoms with Crippen LogP contribution in [-0.4, -0.2) is 37.3 Å². The molecule has 9 nitrogen and oxygen atoms in total. The standard InChI is InChI=1S/C20H20N4O5S/c21-20(22-12-30(27,28)29)24-19(25)15-6-3-5-14(10-15)18-16(11-23-26)9-8-13-4-1-2-7-17(13)18/h1-7,10H,8-9,11-12H2,(H,27,28,29)(H3,21,22,24,25). The molecule has 0 saturated carbocycles. The monoisotopic (exact) mass is 428 g/mol. The predicted octanol–water partition coefficient (Wildman–Crippen LogP) is 2.09. The highest BCUT2D eigenvalue weighted by atomic mass is 32.2. The van der Waals surface area contributed by atoms with Gasteiger partial charge in [0.2, 0.25) is 0 Å². The first-order valence-corrected chi connectivity index (χ1v) is 10.7. The van der Waals surface area contributed by atoms with E-state index in [9.17, 15) is 18.1 Å². The molecule has 0 saturated heterocycles. The topological polar surface area (TPSA) is 151 Å². The average molecular weight is 428 g/mol. The van der Waals surface area contributed by atoms with Gasteiger partial charge in [0.05, 0.1) is 0 Å². The summed E-state index contributed by atoms with van der Waals surface area (Å²) in [4.78, 5) is 26.9. The van der Waals surface area contributed by atoms with Crippen molar-refractivity contribution in [3.05, 3.63) is 81.3 Å². The smallest absolute Gasteiger partial charge is 0.285 e. The number of aliphatic imine (C=N–C) groups is 1. The maximum atomic E-state index is 12.5. The van der Waals surface area contributed by atoms with Gasteiger partial charge in [0.25, 0.3) is 16.0 Å². The van der Waals surface area contributed by atoms with Gasteiger partial charge in [0, 0.05) is 5.56 Å². The van der Waals surface area contributed by atoms with E-state index in [1.165, 1.54) is 0 Å². The van der Waals surface area contributed by atoms with E-state index < -0.39 is 27.9 Å². The number of hydrogen-bond donors (Lipinski definition) is 3. The summed E-state index contributed by atoms with van der Waals surface area (Å²) in [6.07, 6.45) is 1.51. The van der Waals surface area contributed by atoms with Gasteiger partial charge in [-0.1, -0.05) is 41.6 Å². The van der Waals surface area contributed by atoms with Crippen LogP contribution in [0.4, 0.5) is 0 Å². The number of nitrogens with zero attached hydrogens (tertiary/aromatic N) is 2. The quantitative estimate of drug-likeness (QED) is 0.277. The van der Waals surface area contributed by atoms with E-state index in [0.717, 1.165) is 34.3 Å². The third-order valence-corrected chi connectivity index (χ3v) is 5.10. The summed E-state index contributed by atoms with van der Waals surface area (Å²) < 4.78 is 30.2. The zero-order valence-electron chi connectivity index (χ0n) is 15.9. The summed E-state index contributed by atoms with van der Waals surface area (Å²) in [6, 6.07) is 14.7. The molecule has 0 heterocycles. The Balaban J connectivity index is 1.94. The maximum Gasteiger partial charge on any atom is 0.285 e. The van der Waals surface area contributed by atoms with Crippen LogP contribution in [0.1, 0.15) is 33.5 Å². The summed E-state index contributed by atoms with van der Waals surface area (Å²) in [5, 5.41) is 5.34. The van der Waals surface area contributed by atoms with Crippen molar-refractivity contribution in [2.75, 3.05) is 12.4 Å². The van der Waals surface area contributed by atoms with Crippen molar-refractivity contribution < 1.29 is 17.8 Å². The van der Waals surface area contributed by atoms with Crippen LogP contribution in [0.15, 0.2) is 64.3 Å². The molecule has 0 spiro atoms. The lowest BCUT2D eigenvalue weighted by molar-refractivity contribution is 0.0976. The van der Waals surface area contributed by atoms with E-state index in [1.54, 1.807) is 18.2 Å². The van der Waals surface area contributed by atoms with Gasteiger partial charge in [-0.2, -0.15) is 13.3 Å². The fraction of sp³-hybridized carbons (Fsp3) is 0.200. The minimum absolute atomic E-state index is 0.0648. The second kappa shape index (κ2) is 8.97. The number of benzene rings is 2. The molecule has 0 atom stereocenters. The molecule has 0 fully saturated rings. The van der Waals surface area contributed by atoms with Gasteiger partial charge >= 0.3 is 0 Å². The Labute approximate surface area is 173 Å². The lowest BCUT2D eigenvalue weighted by atomic mass is 9.82. The number of carbonyl (C=O) groups is 1. The van der Waals surface area contributed by atoms with Crippen molar-refractivity contribution in [1.82, 2.24) is 5.32 Å². The van der Waals surface area contributed by atoms with Crippen LogP contribution in [0.5, 0.6) is 0 Å². The van der Waals surface area contributed by atoms with Crippen LogP contribution >= 0.6 is 0 Å². The average Bonchev–Trinajstić information content (AvgIpc) is 2.72. The molecule has 0 aliphatic heterocycles. The number of nitrogens with one attached hydrogen (secondary N) is 1. The molecular weight excluding hydrogens is 408 g/mol. The van der Waals surface area contributed by atoms with E-state index in [-0.39, 0.29) is 12.1 Å². The molecule has 2 aromatic rings. The third kappa shape index (κ3) is 5.16. The van der Waals surface area contributed by atoms with Gasteiger partial charge < -0.3 is 5.73 Å². The van der Waals surface area contributed by atoms with Crippen LogP contribution in [0.25, 0.3) is 5.57 Å². The number of amides is 1. The molecule has 0 aromatic heterocycles. The minimum Gasteiger partial charge on any atom is -0.370 e. The number of guanidine groups is 1. The molecule has 0 unspecified atom stereocenters. The second-order valence-corrected chi connectivity index (χ2v) is 8.13.